The van der Waals surface area contributed by atoms with E-state index in [0.29, 0.717) is 0 Å². The summed E-state index contributed by atoms with van der Waals surface area (Å²) in [6.45, 7) is 5.15. The first-order valence-corrected chi connectivity index (χ1v) is 5.84. The largest absolute Gasteiger partial charge is 0.469 e. The van der Waals surface area contributed by atoms with E-state index in [1.807, 2.05) is 6.92 Å². The number of rotatable bonds is 5. The van der Waals surface area contributed by atoms with E-state index in [2.05, 4.69) is 18.9 Å². The minimum Gasteiger partial charge on any atom is -0.469 e. The summed E-state index contributed by atoms with van der Waals surface area (Å²) in [6, 6.07) is 0.262. The van der Waals surface area contributed by atoms with Gasteiger partial charge in [0.05, 0.1) is 13.0 Å². The minimum absolute atomic E-state index is 0.0416. The van der Waals surface area contributed by atoms with Crippen LogP contribution in [-0.2, 0) is 9.53 Å². The summed E-state index contributed by atoms with van der Waals surface area (Å²) in [5.41, 5.74) is 0. The molecule has 88 valence electrons. The van der Waals surface area contributed by atoms with Gasteiger partial charge in [-0.05, 0) is 32.7 Å². The minimum atomic E-state index is -0.108. The number of esters is 1. The molecule has 2 atom stereocenters. The molecule has 1 rings (SSSR count). The predicted molar refractivity (Wildman–Crippen MR) is 60.6 cm³/mol. The molecule has 0 amide bonds. The molecule has 0 aromatic heterocycles. The van der Waals surface area contributed by atoms with Crippen LogP contribution in [-0.4, -0.2) is 37.6 Å². The first-order chi connectivity index (χ1) is 7.06. The van der Waals surface area contributed by atoms with E-state index in [0.717, 1.165) is 12.5 Å². The van der Waals surface area contributed by atoms with Gasteiger partial charge in [0.25, 0.3) is 0 Å². The normalized spacial score (nSPS) is 20.9. The van der Waals surface area contributed by atoms with Gasteiger partial charge < -0.3 is 9.64 Å². The third-order valence-corrected chi connectivity index (χ3v) is 3.76. The second-order valence-electron chi connectivity index (χ2n) is 4.79. The van der Waals surface area contributed by atoms with Gasteiger partial charge in [0.1, 0.15) is 0 Å². The Morgan fingerprint density at radius 1 is 1.47 bits per heavy atom. The molecule has 0 heterocycles. The molecule has 1 aliphatic carbocycles. The third-order valence-electron chi connectivity index (χ3n) is 3.76. The lowest BCUT2D eigenvalue weighted by atomic mass is 9.84. The zero-order valence-corrected chi connectivity index (χ0v) is 10.3. The van der Waals surface area contributed by atoms with Crippen molar-refractivity contribution >= 4 is 5.97 Å². The van der Waals surface area contributed by atoms with Crippen molar-refractivity contribution in [3.8, 4) is 0 Å². The fraction of sp³-hybridized carbons (Fsp3) is 0.917. The molecule has 1 fully saturated rings. The van der Waals surface area contributed by atoms with E-state index in [4.69, 9.17) is 4.74 Å². The summed E-state index contributed by atoms with van der Waals surface area (Å²) in [7, 11) is 3.56. The number of methoxy groups -OCH3 is 1. The highest BCUT2D eigenvalue weighted by Gasteiger charge is 2.27. The first-order valence-electron chi connectivity index (χ1n) is 5.84. The van der Waals surface area contributed by atoms with Crippen LogP contribution in [0.5, 0.6) is 0 Å². The molecule has 1 saturated carbocycles. The van der Waals surface area contributed by atoms with E-state index >= 15 is 0 Å². The number of hydrogen-bond acceptors (Lipinski definition) is 3. The molecule has 0 aromatic carbocycles. The van der Waals surface area contributed by atoms with Crippen LogP contribution in [0.3, 0.4) is 0 Å². The number of ether oxygens (including phenoxy) is 1. The molecule has 0 spiro atoms. The van der Waals surface area contributed by atoms with Gasteiger partial charge in [-0.1, -0.05) is 13.3 Å². The topological polar surface area (TPSA) is 29.5 Å². The lowest BCUT2D eigenvalue weighted by molar-refractivity contribution is -0.147. The molecule has 15 heavy (non-hydrogen) atoms. The van der Waals surface area contributed by atoms with Gasteiger partial charge in [-0.25, -0.2) is 0 Å². The average Bonchev–Trinajstić information content (AvgIpc) is 2.19. The standard InChI is InChI=1S/C12H23NO2/c1-9(12(14)15-4)10(2)13(3)8-11-6-5-7-11/h9-11H,5-8H2,1-4H3. The van der Waals surface area contributed by atoms with Crippen molar-refractivity contribution in [2.24, 2.45) is 11.8 Å². The van der Waals surface area contributed by atoms with Crippen LogP contribution in [0.4, 0.5) is 0 Å². The Bertz CT molecular complexity index is 214. The van der Waals surface area contributed by atoms with Gasteiger partial charge >= 0.3 is 5.97 Å². The lowest BCUT2D eigenvalue weighted by Gasteiger charge is -2.35. The summed E-state index contributed by atoms with van der Waals surface area (Å²) in [5, 5.41) is 0. The van der Waals surface area contributed by atoms with Crippen molar-refractivity contribution in [2.45, 2.75) is 39.2 Å². The maximum atomic E-state index is 11.4. The number of nitrogens with zero attached hydrogens (tertiary/aromatic N) is 1. The zero-order valence-electron chi connectivity index (χ0n) is 10.3. The summed E-state index contributed by atoms with van der Waals surface area (Å²) < 4.78 is 4.76. The molecule has 3 nitrogen and oxygen atoms in total. The maximum absolute atomic E-state index is 11.4. The molecule has 0 aliphatic heterocycles. The third kappa shape index (κ3) is 3.20. The fourth-order valence-electron chi connectivity index (χ4n) is 2.01. The lowest BCUT2D eigenvalue weighted by Crippen LogP contribution is -2.41. The molecular weight excluding hydrogens is 190 g/mol. The van der Waals surface area contributed by atoms with Gasteiger partial charge in [-0.3, -0.25) is 4.79 Å². The Hall–Kier alpha value is -0.570. The fourth-order valence-corrected chi connectivity index (χ4v) is 2.01. The Balaban J connectivity index is 2.36. The van der Waals surface area contributed by atoms with E-state index in [1.54, 1.807) is 0 Å². The molecule has 3 heteroatoms. The number of carbonyl (C=O) groups excluding carboxylic acids is 1. The SMILES string of the molecule is COC(=O)C(C)C(C)N(C)CC1CCC1. The van der Waals surface area contributed by atoms with Crippen molar-refractivity contribution in [1.82, 2.24) is 4.90 Å². The maximum Gasteiger partial charge on any atom is 0.309 e. The summed E-state index contributed by atoms with van der Waals surface area (Å²) in [4.78, 5) is 13.7. The van der Waals surface area contributed by atoms with Gasteiger partial charge in [0.2, 0.25) is 0 Å². The quantitative estimate of drug-likeness (QED) is 0.653. The van der Waals surface area contributed by atoms with Gasteiger partial charge in [0.15, 0.2) is 0 Å². The van der Waals surface area contributed by atoms with E-state index in [9.17, 15) is 4.79 Å². The average molecular weight is 213 g/mol. The molecule has 2 unspecified atom stereocenters. The monoisotopic (exact) mass is 213 g/mol. The van der Waals surface area contributed by atoms with E-state index < -0.39 is 0 Å². The smallest absolute Gasteiger partial charge is 0.309 e. The Morgan fingerprint density at radius 3 is 2.47 bits per heavy atom. The molecule has 1 aliphatic rings. The second-order valence-corrected chi connectivity index (χ2v) is 4.79. The van der Waals surface area contributed by atoms with Gasteiger partial charge in [0, 0.05) is 12.6 Å². The molecule has 0 saturated heterocycles. The predicted octanol–water partition coefficient (Wildman–Crippen LogP) is 1.92. The second kappa shape index (κ2) is 5.50. The van der Waals surface area contributed by atoms with Gasteiger partial charge in [-0.15, -0.1) is 0 Å². The Morgan fingerprint density at radius 2 is 2.07 bits per heavy atom. The molecule has 0 N–H and O–H groups in total. The molecule has 0 aromatic rings. The van der Waals surface area contributed by atoms with Crippen molar-refractivity contribution in [2.75, 3.05) is 20.7 Å². The van der Waals surface area contributed by atoms with Crippen LogP contribution in [0, 0.1) is 11.8 Å². The summed E-state index contributed by atoms with van der Waals surface area (Å²) >= 11 is 0. The van der Waals surface area contributed by atoms with Crippen LogP contribution in [0.1, 0.15) is 33.1 Å². The van der Waals surface area contributed by atoms with Crippen LogP contribution in [0.25, 0.3) is 0 Å². The van der Waals surface area contributed by atoms with Gasteiger partial charge in [-0.2, -0.15) is 0 Å². The van der Waals surface area contributed by atoms with Crippen molar-refractivity contribution in [3.05, 3.63) is 0 Å². The summed E-state index contributed by atoms with van der Waals surface area (Å²) in [5.74, 6) is 0.699. The van der Waals surface area contributed by atoms with Crippen molar-refractivity contribution < 1.29 is 9.53 Å². The first kappa shape index (κ1) is 12.5. The van der Waals surface area contributed by atoms with E-state index in [-0.39, 0.29) is 17.9 Å². The van der Waals surface area contributed by atoms with Crippen LogP contribution >= 0.6 is 0 Å². The van der Waals surface area contributed by atoms with Crippen LogP contribution in [0.2, 0.25) is 0 Å². The summed E-state index contributed by atoms with van der Waals surface area (Å²) in [6.07, 6.45) is 4.08. The van der Waals surface area contributed by atoms with E-state index in [1.165, 1.54) is 26.4 Å². The molecular formula is C12H23NO2. The highest BCUT2D eigenvalue weighted by atomic mass is 16.5. The molecule has 0 bridgehead atoms. The molecule has 0 radical (unpaired) electrons. The Kier molecular flexibility index (Phi) is 4.58. The highest BCUT2D eigenvalue weighted by Crippen LogP contribution is 2.27. The zero-order chi connectivity index (χ0) is 11.4. The Labute approximate surface area is 92.8 Å². The van der Waals surface area contributed by atoms with Crippen molar-refractivity contribution in [3.63, 3.8) is 0 Å². The number of carbonyl (C=O) groups is 1. The van der Waals surface area contributed by atoms with Crippen LogP contribution in [0.15, 0.2) is 0 Å². The van der Waals surface area contributed by atoms with Crippen LogP contribution < -0.4 is 0 Å². The number of hydrogen-bond donors (Lipinski definition) is 0. The van der Waals surface area contributed by atoms with Crippen molar-refractivity contribution in [1.29, 1.82) is 0 Å². The highest BCUT2D eigenvalue weighted by molar-refractivity contribution is 5.72.